The Balaban J connectivity index is 4.26. The number of ether oxygens (including phenoxy) is 2. The Morgan fingerprint density at radius 1 is 0.527 bits per heavy atom. The molecule has 0 aliphatic heterocycles. The van der Waals surface area contributed by atoms with E-state index in [1.54, 1.807) is 4.90 Å². The first-order valence-electron chi connectivity index (χ1n) is 22.5. The molecule has 0 radical (unpaired) electrons. The predicted octanol–water partition coefficient (Wildman–Crippen LogP) is 11.4. The normalized spacial score (nSPS) is 12.4. The van der Waals surface area contributed by atoms with Crippen molar-refractivity contribution in [2.75, 3.05) is 32.9 Å². The molecule has 0 aliphatic carbocycles. The summed E-state index contributed by atoms with van der Waals surface area (Å²) in [6.45, 7) is 5.17. The van der Waals surface area contributed by atoms with Crippen LogP contribution in [-0.2, 0) is 23.9 Å². The number of carbonyl (C=O) groups excluding carboxylic acids is 3. The fourth-order valence-corrected chi connectivity index (χ4v) is 6.19. The van der Waals surface area contributed by atoms with Crippen molar-refractivity contribution >= 4 is 17.8 Å². The molecule has 0 aliphatic rings. The molecule has 1 unspecified atom stereocenters. The van der Waals surface area contributed by atoms with Crippen LogP contribution < -0.4 is 5.73 Å². The largest absolute Gasteiger partial charge is 0.464 e. The Bertz CT molecular complexity index is 943. The topological polar surface area (TPSA) is 119 Å². The average molecular weight is 773 g/mol. The van der Waals surface area contributed by atoms with Crippen LogP contribution in [0.4, 0.5) is 0 Å². The van der Waals surface area contributed by atoms with Crippen LogP contribution in [0.25, 0.3) is 0 Å². The minimum absolute atomic E-state index is 0.0853. The molecule has 0 saturated carbocycles. The summed E-state index contributed by atoms with van der Waals surface area (Å²) in [7, 11) is 0. The van der Waals surface area contributed by atoms with E-state index in [0.29, 0.717) is 25.7 Å². The number of nitrogens with zero attached hydrogens (tertiary/aromatic N) is 1. The van der Waals surface area contributed by atoms with E-state index >= 15 is 0 Å². The number of aliphatic hydroxyl groups excluding tert-OH is 1. The highest BCUT2D eigenvalue weighted by atomic mass is 16.5. The van der Waals surface area contributed by atoms with Crippen molar-refractivity contribution in [1.29, 1.82) is 0 Å². The average Bonchev–Trinajstić information content (AvgIpc) is 3.18. The molecule has 0 aromatic heterocycles. The molecule has 0 aromatic carbocycles. The van der Waals surface area contributed by atoms with Gasteiger partial charge in [-0.05, 0) is 89.9 Å². The minimum atomic E-state index is -0.689. The van der Waals surface area contributed by atoms with Gasteiger partial charge in [0.05, 0.1) is 19.1 Å². The Morgan fingerprint density at radius 2 is 0.909 bits per heavy atom. The second-order valence-electron chi connectivity index (χ2n) is 14.9. The first-order chi connectivity index (χ1) is 27.0. The van der Waals surface area contributed by atoms with E-state index in [2.05, 4.69) is 62.5 Å². The van der Waals surface area contributed by atoms with Gasteiger partial charge in [0.1, 0.15) is 13.2 Å². The predicted molar refractivity (Wildman–Crippen MR) is 231 cm³/mol. The van der Waals surface area contributed by atoms with Crippen molar-refractivity contribution in [3.05, 3.63) is 48.6 Å². The van der Waals surface area contributed by atoms with Gasteiger partial charge in [0.25, 0.3) is 0 Å². The monoisotopic (exact) mass is 773 g/mol. The molecular formula is C47H84N2O6. The highest BCUT2D eigenvalue weighted by Gasteiger charge is 2.21. The van der Waals surface area contributed by atoms with E-state index in [1.165, 1.54) is 64.2 Å². The Morgan fingerprint density at radius 3 is 1.33 bits per heavy atom. The van der Waals surface area contributed by atoms with Crippen LogP contribution in [0.3, 0.4) is 0 Å². The molecule has 0 bridgehead atoms. The van der Waals surface area contributed by atoms with Crippen molar-refractivity contribution in [2.24, 2.45) is 5.73 Å². The molecular weight excluding hydrogens is 689 g/mol. The van der Waals surface area contributed by atoms with Gasteiger partial charge in [-0.1, -0.05) is 140 Å². The second-order valence-corrected chi connectivity index (χ2v) is 14.9. The number of unbranched alkanes of at least 4 members (excludes halogenated alkanes) is 18. The number of hydrogen-bond acceptors (Lipinski definition) is 7. The molecule has 0 spiro atoms. The lowest BCUT2D eigenvalue weighted by Crippen LogP contribution is -2.46. The molecule has 0 saturated heterocycles. The maximum Gasteiger partial charge on any atom is 0.305 e. The SMILES string of the molecule is CCCCC/C=C\C/C=C\CCCCCCCC(=O)OCCN(CCOC(=O)CCCCCCC/C=C\C/C=C\CCCCC)C(=O)C(N)CCCCCO. The third-order valence-corrected chi connectivity index (χ3v) is 9.71. The number of hydrogen-bond donors (Lipinski definition) is 2. The van der Waals surface area contributed by atoms with E-state index < -0.39 is 6.04 Å². The van der Waals surface area contributed by atoms with Crippen LogP contribution >= 0.6 is 0 Å². The smallest absolute Gasteiger partial charge is 0.305 e. The van der Waals surface area contributed by atoms with Gasteiger partial charge in [0.2, 0.25) is 5.91 Å². The molecule has 1 amide bonds. The van der Waals surface area contributed by atoms with Crippen LogP contribution in [-0.4, -0.2) is 66.8 Å². The van der Waals surface area contributed by atoms with Crippen LogP contribution in [0, 0.1) is 0 Å². The molecule has 318 valence electrons. The highest BCUT2D eigenvalue weighted by Crippen LogP contribution is 2.11. The molecule has 0 heterocycles. The zero-order chi connectivity index (χ0) is 40.3. The lowest BCUT2D eigenvalue weighted by molar-refractivity contribution is -0.148. The van der Waals surface area contributed by atoms with Crippen molar-refractivity contribution in [2.45, 2.75) is 200 Å². The van der Waals surface area contributed by atoms with Crippen molar-refractivity contribution in [1.82, 2.24) is 4.90 Å². The van der Waals surface area contributed by atoms with Gasteiger partial charge in [-0.15, -0.1) is 0 Å². The fraction of sp³-hybridized carbons (Fsp3) is 0.766. The quantitative estimate of drug-likeness (QED) is 0.0361. The standard InChI is InChI=1S/C47H84N2O6/c1-3-5-7-9-11-13-15-17-19-21-23-25-27-29-33-37-45(51)54-42-39-49(47(53)44(48)36-32-31-35-41-50)40-43-55-46(52)38-34-30-28-26-24-22-20-18-16-14-12-10-8-6-4-2/h11-14,17-20,44,50H,3-10,15-16,21-43,48H2,1-2H3/b13-11-,14-12-,19-17-,20-18-. The van der Waals surface area contributed by atoms with Crippen molar-refractivity contribution < 1.29 is 29.0 Å². The summed E-state index contributed by atoms with van der Waals surface area (Å²) >= 11 is 0. The molecule has 8 heteroatoms. The van der Waals surface area contributed by atoms with Gasteiger partial charge < -0.3 is 25.2 Å². The number of aliphatic hydroxyl groups is 1. The van der Waals surface area contributed by atoms with Gasteiger partial charge in [0, 0.05) is 19.4 Å². The lowest BCUT2D eigenvalue weighted by atomic mass is 10.1. The number of esters is 2. The van der Waals surface area contributed by atoms with Crippen LogP contribution in [0.5, 0.6) is 0 Å². The Hall–Kier alpha value is -2.71. The summed E-state index contributed by atoms with van der Waals surface area (Å²) in [6, 6.07) is -0.689. The maximum absolute atomic E-state index is 13.2. The molecule has 8 nitrogen and oxygen atoms in total. The van der Waals surface area contributed by atoms with Crippen LogP contribution in [0.1, 0.15) is 194 Å². The molecule has 0 rings (SSSR count). The zero-order valence-corrected chi connectivity index (χ0v) is 35.5. The molecule has 1 atom stereocenters. The summed E-state index contributed by atoms with van der Waals surface area (Å²) in [5.74, 6) is -0.746. The van der Waals surface area contributed by atoms with Gasteiger partial charge in [-0.2, -0.15) is 0 Å². The Labute approximate surface area is 337 Å². The number of rotatable bonds is 40. The van der Waals surface area contributed by atoms with Gasteiger partial charge in [-0.25, -0.2) is 0 Å². The number of nitrogens with two attached hydrogens (primary N) is 1. The summed E-state index contributed by atoms with van der Waals surface area (Å²) in [4.78, 5) is 39.5. The van der Waals surface area contributed by atoms with Crippen molar-refractivity contribution in [3.8, 4) is 0 Å². The third kappa shape index (κ3) is 38.0. The molecule has 55 heavy (non-hydrogen) atoms. The van der Waals surface area contributed by atoms with Gasteiger partial charge >= 0.3 is 11.9 Å². The molecule has 3 N–H and O–H groups in total. The molecule has 0 fully saturated rings. The van der Waals surface area contributed by atoms with E-state index in [1.807, 2.05) is 0 Å². The Kier molecular flexibility index (Phi) is 40.3. The van der Waals surface area contributed by atoms with E-state index in [9.17, 15) is 14.4 Å². The highest BCUT2D eigenvalue weighted by molar-refractivity contribution is 5.81. The summed E-state index contributed by atoms with van der Waals surface area (Å²) in [5, 5.41) is 9.05. The zero-order valence-electron chi connectivity index (χ0n) is 35.5. The van der Waals surface area contributed by atoms with Crippen LogP contribution in [0.2, 0.25) is 0 Å². The number of carbonyl (C=O) groups is 3. The maximum atomic E-state index is 13.2. The number of amides is 1. The second kappa shape index (κ2) is 42.4. The summed E-state index contributed by atoms with van der Waals surface area (Å²) in [6.07, 6.45) is 46.4. The van der Waals surface area contributed by atoms with Gasteiger partial charge in [0.15, 0.2) is 0 Å². The first kappa shape index (κ1) is 52.3. The summed E-state index contributed by atoms with van der Waals surface area (Å²) in [5.41, 5.74) is 6.22. The van der Waals surface area contributed by atoms with Gasteiger partial charge in [-0.3, -0.25) is 14.4 Å². The van der Waals surface area contributed by atoms with E-state index in [-0.39, 0.29) is 50.8 Å². The summed E-state index contributed by atoms with van der Waals surface area (Å²) < 4.78 is 10.9. The minimum Gasteiger partial charge on any atom is -0.464 e. The van der Waals surface area contributed by atoms with E-state index in [4.69, 9.17) is 20.3 Å². The lowest BCUT2D eigenvalue weighted by Gasteiger charge is -2.25. The first-order valence-corrected chi connectivity index (χ1v) is 22.5. The van der Waals surface area contributed by atoms with Crippen LogP contribution in [0.15, 0.2) is 48.6 Å². The third-order valence-electron chi connectivity index (χ3n) is 9.71. The number of allylic oxidation sites excluding steroid dienone is 8. The van der Waals surface area contributed by atoms with E-state index in [0.717, 1.165) is 89.9 Å². The molecule has 0 aromatic rings. The fourth-order valence-electron chi connectivity index (χ4n) is 6.19. The van der Waals surface area contributed by atoms with Crippen molar-refractivity contribution in [3.63, 3.8) is 0 Å².